The highest BCUT2D eigenvalue weighted by atomic mass is 32.1. The van der Waals surface area contributed by atoms with Crippen LogP contribution in [-0.4, -0.2) is 31.7 Å². The van der Waals surface area contributed by atoms with Gasteiger partial charge in [0, 0.05) is 36.0 Å². The van der Waals surface area contributed by atoms with E-state index in [2.05, 4.69) is 11.9 Å². The van der Waals surface area contributed by atoms with Crippen LogP contribution in [-0.2, 0) is 24.2 Å². The zero-order chi connectivity index (χ0) is 21.5. The van der Waals surface area contributed by atoms with Crippen LogP contribution >= 0.6 is 11.3 Å². The Balaban J connectivity index is 1.87. The molecule has 7 heteroatoms. The van der Waals surface area contributed by atoms with Gasteiger partial charge in [-0.05, 0) is 41.6 Å². The molecule has 0 aliphatic carbocycles. The largest absolute Gasteiger partial charge is 0.478 e. The number of hydrogen-bond donors (Lipinski definition) is 2. The maximum absolute atomic E-state index is 11.7. The normalized spacial score (nSPS) is 11.6. The van der Waals surface area contributed by atoms with Gasteiger partial charge < -0.3 is 14.8 Å². The lowest BCUT2D eigenvalue weighted by molar-refractivity contribution is -0.132. The van der Waals surface area contributed by atoms with E-state index in [0.29, 0.717) is 24.2 Å². The van der Waals surface area contributed by atoms with Crippen molar-refractivity contribution in [3.8, 4) is 0 Å². The van der Waals surface area contributed by atoms with Crippen LogP contribution in [0.2, 0.25) is 0 Å². The fourth-order valence-electron chi connectivity index (χ4n) is 3.13. The number of nitrogens with zero attached hydrogens (tertiary/aromatic N) is 2. The van der Waals surface area contributed by atoms with Crippen LogP contribution < -0.4 is 0 Å². The van der Waals surface area contributed by atoms with Gasteiger partial charge >= 0.3 is 11.9 Å². The number of benzene rings is 1. The molecule has 2 N–H and O–H groups in total. The molecule has 0 bridgehead atoms. The summed E-state index contributed by atoms with van der Waals surface area (Å²) in [5, 5.41) is 20.6. The van der Waals surface area contributed by atoms with E-state index in [1.54, 1.807) is 30.3 Å². The van der Waals surface area contributed by atoms with Crippen molar-refractivity contribution in [3.05, 3.63) is 81.1 Å². The summed E-state index contributed by atoms with van der Waals surface area (Å²) in [4.78, 5) is 28.4. The minimum Gasteiger partial charge on any atom is -0.478 e. The van der Waals surface area contributed by atoms with Gasteiger partial charge in [0.15, 0.2) is 0 Å². The average Bonchev–Trinajstić information content (AvgIpc) is 3.36. The smallest absolute Gasteiger partial charge is 0.335 e. The van der Waals surface area contributed by atoms with Gasteiger partial charge in [0.05, 0.1) is 11.3 Å². The number of thiophene rings is 1. The molecular formula is C23H24N2O4S. The van der Waals surface area contributed by atoms with Crippen molar-refractivity contribution in [2.75, 3.05) is 0 Å². The van der Waals surface area contributed by atoms with E-state index < -0.39 is 11.9 Å². The van der Waals surface area contributed by atoms with E-state index in [1.807, 2.05) is 28.3 Å². The van der Waals surface area contributed by atoms with E-state index in [-0.39, 0.29) is 5.56 Å². The molecule has 0 unspecified atom stereocenters. The SMILES string of the molecule is CCCCc1nc(/C=C(\Cc2cccs2)C(=O)O)cn1Cc1ccc(C(=O)O)cc1. The van der Waals surface area contributed by atoms with Crippen LogP contribution in [0.3, 0.4) is 0 Å². The zero-order valence-electron chi connectivity index (χ0n) is 16.7. The lowest BCUT2D eigenvalue weighted by Gasteiger charge is -2.08. The maximum Gasteiger partial charge on any atom is 0.335 e. The number of aliphatic carboxylic acids is 1. The van der Waals surface area contributed by atoms with E-state index in [1.165, 1.54) is 11.3 Å². The van der Waals surface area contributed by atoms with E-state index in [4.69, 9.17) is 5.11 Å². The highest BCUT2D eigenvalue weighted by Gasteiger charge is 2.13. The molecule has 30 heavy (non-hydrogen) atoms. The molecule has 6 nitrogen and oxygen atoms in total. The topological polar surface area (TPSA) is 92.4 Å². The minimum atomic E-state index is -0.952. The summed E-state index contributed by atoms with van der Waals surface area (Å²) in [6, 6.07) is 10.6. The summed E-state index contributed by atoms with van der Waals surface area (Å²) in [7, 11) is 0. The monoisotopic (exact) mass is 424 g/mol. The molecular weight excluding hydrogens is 400 g/mol. The number of carboxylic acids is 2. The Morgan fingerprint density at radius 1 is 1.17 bits per heavy atom. The highest BCUT2D eigenvalue weighted by molar-refractivity contribution is 7.09. The molecule has 0 saturated heterocycles. The molecule has 0 radical (unpaired) electrons. The lowest BCUT2D eigenvalue weighted by atomic mass is 10.1. The summed E-state index contributed by atoms with van der Waals surface area (Å²) in [6.07, 6.45) is 6.68. The first-order chi connectivity index (χ1) is 14.5. The van der Waals surface area contributed by atoms with Gasteiger partial charge in [0.1, 0.15) is 5.82 Å². The second-order valence-corrected chi connectivity index (χ2v) is 8.08. The first kappa shape index (κ1) is 21.5. The molecule has 156 valence electrons. The summed E-state index contributed by atoms with van der Waals surface area (Å²) in [5.74, 6) is -1.00. The van der Waals surface area contributed by atoms with Crippen LogP contribution in [0.1, 0.15) is 52.1 Å². The van der Waals surface area contributed by atoms with Crippen LogP contribution in [0.25, 0.3) is 6.08 Å². The van der Waals surface area contributed by atoms with Gasteiger partial charge in [-0.3, -0.25) is 0 Å². The summed E-state index contributed by atoms with van der Waals surface area (Å²) in [5.41, 5.74) is 2.13. The molecule has 2 aromatic heterocycles. The summed E-state index contributed by atoms with van der Waals surface area (Å²) < 4.78 is 2.02. The summed E-state index contributed by atoms with van der Waals surface area (Å²) >= 11 is 1.53. The standard InChI is InChI=1S/C23H24N2O4S/c1-2-3-6-21-24-19(12-18(23(28)29)13-20-5-4-11-30-20)15-25(21)14-16-7-9-17(10-8-16)22(26)27/h4-5,7-12,15H,2-3,6,13-14H2,1H3,(H,26,27)(H,28,29)/b18-12+. The first-order valence-electron chi connectivity index (χ1n) is 9.80. The van der Waals surface area contributed by atoms with Gasteiger partial charge in [0.25, 0.3) is 0 Å². The van der Waals surface area contributed by atoms with Gasteiger partial charge in [-0.1, -0.05) is 31.5 Å². The zero-order valence-corrected chi connectivity index (χ0v) is 17.6. The Bertz CT molecular complexity index is 1030. The van der Waals surface area contributed by atoms with Gasteiger partial charge in [-0.2, -0.15) is 0 Å². The molecule has 0 fully saturated rings. The number of hydrogen-bond acceptors (Lipinski definition) is 4. The first-order valence-corrected chi connectivity index (χ1v) is 10.7. The van der Waals surface area contributed by atoms with Crippen molar-refractivity contribution in [2.45, 2.75) is 39.2 Å². The minimum absolute atomic E-state index is 0.249. The molecule has 0 saturated carbocycles. The molecule has 0 atom stereocenters. The molecule has 0 aliphatic heterocycles. The molecule has 3 aromatic rings. The predicted molar refractivity (Wildman–Crippen MR) is 117 cm³/mol. The van der Waals surface area contributed by atoms with Crippen molar-refractivity contribution in [3.63, 3.8) is 0 Å². The number of aryl methyl sites for hydroxylation is 1. The Kier molecular flexibility index (Phi) is 7.19. The fraction of sp³-hybridized carbons (Fsp3) is 0.261. The van der Waals surface area contributed by atoms with Crippen molar-refractivity contribution in [1.29, 1.82) is 0 Å². The number of aromatic carboxylic acids is 1. The van der Waals surface area contributed by atoms with Crippen LogP contribution in [0.15, 0.2) is 53.5 Å². The lowest BCUT2D eigenvalue weighted by Crippen LogP contribution is -2.05. The Morgan fingerprint density at radius 3 is 2.53 bits per heavy atom. The molecule has 0 spiro atoms. The number of rotatable bonds is 10. The Morgan fingerprint density at radius 2 is 1.93 bits per heavy atom. The maximum atomic E-state index is 11.7. The molecule has 0 amide bonds. The van der Waals surface area contributed by atoms with Gasteiger partial charge in [-0.15, -0.1) is 11.3 Å². The second kappa shape index (κ2) is 10.0. The summed E-state index contributed by atoms with van der Waals surface area (Å²) in [6.45, 7) is 2.66. The van der Waals surface area contributed by atoms with Gasteiger partial charge in [-0.25, -0.2) is 14.6 Å². The number of imidazole rings is 1. The van der Waals surface area contributed by atoms with Crippen LogP contribution in [0.5, 0.6) is 0 Å². The number of carboxylic acid groups (broad SMARTS) is 2. The van der Waals surface area contributed by atoms with Gasteiger partial charge in [0.2, 0.25) is 0 Å². The Hall–Kier alpha value is -3.19. The third-order valence-corrected chi connectivity index (χ3v) is 5.60. The number of carbonyl (C=O) groups is 2. The van der Waals surface area contributed by atoms with E-state index >= 15 is 0 Å². The van der Waals surface area contributed by atoms with Crippen LogP contribution in [0, 0.1) is 0 Å². The third kappa shape index (κ3) is 5.67. The van der Waals surface area contributed by atoms with Crippen molar-refractivity contribution in [1.82, 2.24) is 9.55 Å². The second-order valence-electron chi connectivity index (χ2n) is 7.05. The molecule has 0 aliphatic rings. The number of aromatic nitrogens is 2. The molecule has 3 rings (SSSR count). The highest BCUT2D eigenvalue weighted by Crippen LogP contribution is 2.18. The third-order valence-electron chi connectivity index (χ3n) is 4.73. The fourth-order valence-corrected chi connectivity index (χ4v) is 3.86. The quantitative estimate of drug-likeness (QED) is 0.459. The van der Waals surface area contributed by atoms with E-state index in [9.17, 15) is 14.7 Å². The average molecular weight is 425 g/mol. The van der Waals surface area contributed by atoms with Crippen molar-refractivity contribution < 1.29 is 19.8 Å². The van der Waals surface area contributed by atoms with Crippen molar-refractivity contribution >= 4 is 29.4 Å². The van der Waals surface area contributed by atoms with Crippen LogP contribution in [0.4, 0.5) is 0 Å². The van der Waals surface area contributed by atoms with Crippen molar-refractivity contribution in [2.24, 2.45) is 0 Å². The van der Waals surface area contributed by atoms with E-state index in [0.717, 1.165) is 35.5 Å². The molecule has 1 aromatic carbocycles. The molecule has 2 heterocycles. The predicted octanol–water partition coefficient (Wildman–Crippen LogP) is 4.74. The Labute approximate surface area is 179 Å². The number of unbranched alkanes of at least 4 members (excludes halogenated alkanes) is 1.